The van der Waals surface area contributed by atoms with Crippen LogP contribution in [0.25, 0.3) is 10.1 Å². The molecule has 0 saturated heterocycles. The molecular formula is C20H14F3N3O4S3. The molecule has 0 aliphatic carbocycles. The van der Waals surface area contributed by atoms with Gasteiger partial charge in [-0.3, -0.25) is 9.44 Å². The Morgan fingerprint density at radius 3 is 2.24 bits per heavy atom. The second-order valence-corrected chi connectivity index (χ2v) is 11.4. The van der Waals surface area contributed by atoms with E-state index in [4.69, 9.17) is 0 Å². The molecule has 0 atom stereocenters. The van der Waals surface area contributed by atoms with E-state index in [9.17, 15) is 30.0 Å². The van der Waals surface area contributed by atoms with Crippen LogP contribution in [0.15, 0.2) is 82.0 Å². The van der Waals surface area contributed by atoms with Gasteiger partial charge >= 0.3 is 6.18 Å². The van der Waals surface area contributed by atoms with Crippen molar-refractivity contribution in [1.82, 2.24) is 4.98 Å². The topological polar surface area (TPSA) is 105 Å². The first-order valence-electron chi connectivity index (χ1n) is 9.13. The fraction of sp³-hybridized carbons (Fsp3) is 0.0500. The van der Waals surface area contributed by atoms with Crippen molar-refractivity contribution < 1.29 is 30.0 Å². The smallest absolute Gasteiger partial charge is 0.276 e. The van der Waals surface area contributed by atoms with Gasteiger partial charge in [-0.1, -0.05) is 30.3 Å². The Labute approximate surface area is 191 Å². The molecule has 0 saturated carbocycles. The number of alkyl halides is 3. The number of halogens is 3. The van der Waals surface area contributed by atoms with Gasteiger partial charge in [0.25, 0.3) is 20.0 Å². The van der Waals surface area contributed by atoms with Crippen molar-refractivity contribution in [2.45, 2.75) is 15.3 Å². The minimum atomic E-state index is -4.91. The van der Waals surface area contributed by atoms with Gasteiger partial charge in [-0.05, 0) is 41.8 Å². The Balaban J connectivity index is 1.69. The molecule has 0 amide bonds. The van der Waals surface area contributed by atoms with Gasteiger partial charge in [-0.25, -0.2) is 21.8 Å². The second kappa shape index (κ2) is 8.32. The number of pyridine rings is 1. The normalized spacial score (nSPS) is 12.6. The van der Waals surface area contributed by atoms with Crippen LogP contribution in [-0.4, -0.2) is 21.8 Å². The summed E-state index contributed by atoms with van der Waals surface area (Å²) in [6, 6.07) is 14.6. The molecule has 13 heteroatoms. The average Bonchev–Trinajstić information content (AvgIpc) is 3.20. The number of nitrogens with one attached hydrogen (secondary N) is 2. The predicted molar refractivity (Wildman–Crippen MR) is 119 cm³/mol. The van der Waals surface area contributed by atoms with Gasteiger partial charge in [0.2, 0.25) is 0 Å². The molecule has 7 nitrogen and oxygen atoms in total. The average molecular weight is 514 g/mol. The van der Waals surface area contributed by atoms with Gasteiger partial charge in [0, 0.05) is 10.9 Å². The highest BCUT2D eigenvalue weighted by molar-refractivity contribution is 7.95. The molecule has 0 aliphatic heterocycles. The van der Waals surface area contributed by atoms with Gasteiger partial charge in [-0.15, -0.1) is 11.3 Å². The summed E-state index contributed by atoms with van der Waals surface area (Å²) in [5.74, 6) is -0.386. The molecule has 2 heterocycles. The van der Waals surface area contributed by atoms with Gasteiger partial charge in [0.15, 0.2) is 5.82 Å². The van der Waals surface area contributed by atoms with Gasteiger partial charge in [-0.2, -0.15) is 13.2 Å². The third-order valence-electron chi connectivity index (χ3n) is 4.43. The van der Waals surface area contributed by atoms with Crippen molar-refractivity contribution in [3.05, 3.63) is 78.5 Å². The summed E-state index contributed by atoms with van der Waals surface area (Å²) in [7, 11) is -8.89. The molecule has 0 spiro atoms. The molecule has 172 valence electrons. The van der Waals surface area contributed by atoms with E-state index in [1.807, 2.05) is 4.72 Å². The summed E-state index contributed by atoms with van der Waals surface area (Å²) in [5.41, 5.74) is -1.69. The lowest BCUT2D eigenvalue weighted by Crippen LogP contribution is -2.20. The van der Waals surface area contributed by atoms with Crippen LogP contribution in [0.1, 0.15) is 5.56 Å². The standard InChI is InChI=1S/C20H14F3N3O4S3/c21-20(22,23)14-7-2-4-10-17(14)32(27,28)25-15-8-5-11-24-19(15)26-33(29,30)18-12-13-6-1-3-9-16(13)31-18/h1-12,25H,(H,24,26). The van der Waals surface area contributed by atoms with Crippen LogP contribution in [0.2, 0.25) is 0 Å². The van der Waals surface area contributed by atoms with Gasteiger partial charge < -0.3 is 0 Å². The number of rotatable bonds is 6. The molecule has 2 N–H and O–H groups in total. The molecule has 33 heavy (non-hydrogen) atoms. The zero-order chi connectivity index (χ0) is 23.9. The van der Waals surface area contributed by atoms with E-state index in [1.165, 1.54) is 24.4 Å². The van der Waals surface area contributed by atoms with Gasteiger partial charge in [0.05, 0.1) is 16.1 Å². The zero-order valence-corrected chi connectivity index (χ0v) is 18.8. The molecule has 0 aliphatic rings. The van der Waals surface area contributed by atoms with Crippen LogP contribution in [0, 0.1) is 0 Å². The predicted octanol–water partition coefficient (Wildman–Crippen LogP) is 4.92. The van der Waals surface area contributed by atoms with Crippen LogP contribution in [0.5, 0.6) is 0 Å². The van der Waals surface area contributed by atoms with Crippen LogP contribution in [0.4, 0.5) is 24.7 Å². The highest BCUT2D eigenvalue weighted by Crippen LogP contribution is 2.36. The van der Waals surface area contributed by atoms with E-state index < -0.39 is 36.7 Å². The molecule has 2 aromatic carbocycles. The fourth-order valence-electron chi connectivity index (χ4n) is 2.97. The van der Waals surface area contributed by atoms with Crippen molar-refractivity contribution in [3.8, 4) is 0 Å². The quantitative estimate of drug-likeness (QED) is 0.381. The van der Waals surface area contributed by atoms with Crippen molar-refractivity contribution in [3.63, 3.8) is 0 Å². The maximum Gasteiger partial charge on any atom is 0.417 e. The lowest BCUT2D eigenvalue weighted by atomic mass is 10.2. The number of nitrogens with zero attached hydrogens (tertiary/aromatic N) is 1. The summed E-state index contributed by atoms with van der Waals surface area (Å²) in [4.78, 5) is 2.86. The molecular weight excluding hydrogens is 499 g/mol. The Bertz CT molecular complexity index is 1520. The first-order chi connectivity index (χ1) is 15.5. The van der Waals surface area contributed by atoms with E-state index in [2.05, 4.69) is 9.71 Å². The number of thiophene rings is 1. The molecule has 0 unspecified atom stereocenters. The lowest BCUT2D eigenvalue weighted by Gasteiger charge is -2.16. The number of sulfonamides is 2. The maximum atomic E-state index is 13.3. The van der Waals surface area contributed by atoms with Crippen molar-refractivity contribution in [1.29, 1.82) is 0 Å². The Hall–Kier alpha value is -3.16. The minimum absolute atomic E-state index is 0.0365. The van der Waals surface area contributed by atoms with E-state index in [0.717, 1.165) is 34.2 Å². The molecule has 4 rings (SSSR count). The first-order valence-corrected chi connectivity index (χ1v) is 12.9. The minimum Gasteiger partial charge on any atom is -0.276 e. The van der Waals surface area contributed by atoms with E-state index >= 15 is 0 Å². The monoisotopic (exact) mass is 513 g/mol. The Kier molecular flexibility index (Phi) is 5.80. The van der Waals surface area contributed by atoms with Crippen LogP contribution < -0.4 is 9.44 Å². The van der Waals surface area contributed by atoms with Gasteiger partial charge in [0.1, 0.15) is 4.21 Å². The molecule has 0 bridgehead atoms. The fourth-order valence-corrected chi connectivity index (χ4v) is 6.69. The highest BCUT2D eigenvalue weighted by Gasteiger charge is 2.37. The SMILES string of the molecule is O=S(=O)(Nc1ncccc1NS(=O)(=O)c1ccccc1C(F)(F)F)c1cc2ccccc2s1. The van der Waals surface area contributed by atoms with E-state index in [0.29, 0.717) is 11.5 Å². The summed E-state index contributed by atoms with van der Waals surface area (Å²) in [6.45, 7) is 0. The van der Waals surface area contributed by atoms with Crippen LogP contribution in [-0.2, 0) is 26.2 Å². The van der Waals surface area contributed by atoms with Crippen molar-refractivity contribution >= 4 is 53.0 Å². The largest absolute Gasteiger partial charge is 0.417 e. The lowest BCUT2D eigenvalue weighted by molar-refractivity contribution is -0.139. The number of hydrogen-bond donors (Lipinski definition) is 2. The first kappa shape index (κ1) is 23.0. The Morgan fingerprint density at radius 2 is 1.52 bits per heavy atom. The summed E-state index contributed by atoms with van der Waals surface area (Å²) < 4.78 is 96.1. The van der Waals surface area contributed by atoms with Crippen LogP contribution >= 0.6 is 11.3 Å². The number of benzene rings is 2. The number of aromatic nitrogens is 1. The van der Waals surface area contributed by atoms with Crippen molar-refractivity contribution in [2.75, 3.05) is 9.44 Å². The second-order valence-electron chi connectivity index (χ2n) is 6.71. The van der Waals surface area contributed by atoms with Crippen molar-refractivity contribution in [2.24, 2.45) is 0 Å². The van der Waals surface area contributed by atoms with E-state index in [-0.39, 0.29) is 15.7 Å². The maximum absolute atomic E-state index is 13.3. The molecule has 0 radical (unpaired) electrons. The van der Waals surface area contributed by atoms with E-state index in [1.54, 1.807) is 24.3 Å². The third kappa shape index (κ3) is 4.79. The molecule has 2 aromatic heterocycles. The number of hydrogen-bond acceptors (Lipinski definition) is 6. The zero-order valence-electron chi connectivity index (χ0n) is 16.4. The molecule has 0 fully saturated rings. The molecule has 4 aromatic rings. The third-order valence-corrected chi connectivity index (χ3v) is 8.79. The number of fused-ring (bicyclic) bond motifs is 1. The number of anilines is 2. The summed E-state index contributed by atoms with van der Waals surface area (Å²) in [5, 5.41) is 0.702. The highest BCUT2D eigenvalue weighted by atomic mass is 32.2. The Morgan fingerprint density at radius 1 is 0.818 bits per heavy atom. The van der Waals surface area contributed by atoms with Crippen LogP contribution in [0.3, 0.4) is 0 Å². The summed E-state index contributed by atoms with van der Waals surface area (Å²) >= 11 is 1.00. The summed E-state index contributed by atoms with van der Waals surface area (Å²) in [6.07, 6.45) is -3.70.